The van der Waals surface area contributed by atoms with Gasteiger partial charge in [0.05, 0.1) is 5.41 Å². The molecule has 5 rings (SSSR count). The number of piperidine rings is 1. The number of ether oxygens (including phenoxy) is 1. The summed E-state index contributed by atoms with van der Waals surface area (Å²) in [6.45, 7) is 0.351. The van der Waals surface area contributed by atoms with Crippen molar-refractivity contribution >= 4 is 0 Å². The summed E-state index contributed by atoms with van der Waals surface area (Å²) < 4.78 is 81.5. The van der Waals surface area contributed by atoms with Gasteiger partial charge in [-0.1, -0.05) is 18.2 Å². The SMILES string of the molecule is CN1CC[C@@]23c4c(F)c(F)c(F)c(Oc5ccccc5)c4C[C@@H]1[C@@H]2CCCC3(F)F. The van der Waals surface area contributed by atoms with Crippen LogP contribution in [0.4, 0.5) is 22.0 Å². The van der Waals surface area contributed by atoms with Gasteiger partial charge >= 0.3 is 0 Å². The van der Waals surface area contributed by atoms with Crippen LogP contribution in [-0.4, -0.2) is 30.5 Å². The first kappa shape index (κ1) is 19.8. The third-order valence-electron chi connectivity index (χ3n) is 7.38. The van der Waals surface area contributed by atoms with Gasteiger partial charge in [-0.3, -0.25) is 0 Å². The Hall–Kier alpha value is -2.15. The largest absolute Gasteiger partial charge is 0.454 e. The molecule has 0 spiro atoms. The zero-order valence-corrected chi connectivity index (χ0v) is 16.5. The van der Waals surface area contributed by atoms with Crippen molar-refractivity contribution in [1.29, 1.82) is 0 Å². The van der Waals surface area contributed by atoms with Gasteiger partial charge in [0.25, 0.3) is 5.92 Å². The van der Waals surface area contributed by atoms with Crippen LogP contribution in [-0.2, 0) is 11.8 Å². The number of hydrogen-bond acceptors (Lipinski definition) is 2. The number of alkyl halides is 2. The van der Waals surface area contributed by atoms with Crippen molar-refractivity contribution in [2.45, 2.75) is 49.5 Å². The molecule has 0 amide bonds. The van der Waals surface area contributed by atoms with Gasteiger partial charge in [0.2, 0.25) is 5.82 Å². The van der Waals surface area contributed by atoms with E-state index in [0.29, 0.717) is 19.4 Å². The third kappa shape index (κ3) is 2.50. The highest BCUT2D eigenvalue weighted by molar-refractivity contribution is 5.53. The van der Waals surface area contributed by atoms with E-state index in [4.69, 9.17) is 4.74 Å². The number of nitrogens with zero attached hydrogens (tertiary/aromatic N) is 1. The summed E-state index contributed by atoms with van der Waals surface area (Å²) in [5, 5.41) is 0. The van der Waals surface area contributed by atoms with Crippen LogP contribution in [0.2, 0.25) is 0 Å². The quantitative estimate of drug-likeness (QED) is 0.445. The second kappa shape index (κ2) is 6.67. The smallest absolute Gasteiger partial charge is 0.258 e. The molecule has 2 aromatic carbocycles. The molecule has 2 aromatic rings. The van der Waals surface area contributed by atoms with E-state index in [9.17, 15) is 8.78 Å². The highest BCUT2D eigenvalue weighted by atomic mass is 19.3. The first-order valence-electron chi connectivity index (χ1n) is 10.3. The lowest BCUT2D eigenvalue weighted by molar-refractivity contribution is -0.173. The van der Waals surface area contributed by atoms with E-state index in [0.717, 1.165) is 0 Å². The van der Waals surface area contributed by atoms with Crippen molar-refractivity contribution in [3.05, 3.63) is 58.9 Å². The zero-order valence-electron chi connectivity index (χ0n) is 16.5. The minimum Gasteiger partial charge on any atom is -0.454 e. The average Bonchev–Trinajstić information content (AvgIpc) is 2.72. The van der Waals surface area contributed by atoms with Crippen LogP contribution in [0.3, 0.4) is 0 Å². The standard InChI is InChI=1S/C23H22F5NO/c1-29-11-10-22-15(8-5-9-23(22,27)28)16(29)12-14-17(22)18(24)19(25)20(26)21(14)30-13-6-3-2-4-7-13/h2-4,6-7,15-16H,5,8-12H2,1H3/t15-,16+,22-/m0/s1. The van der Waals surface area contributed by atoms with Crippen molar-refractivity contribution < 1.29 is 26.7 Å². The van der Waals surface area contributed by atoms with Crippen LogP contribution >= 0.6 is 0 Å². The molecule has 1 heterocycles. The van der Waals surface area contributed by atoms with Crippen LogP contribution in [0.15, 0.2) is 30.3 Å². The van der Waals surface area contributed by atoms with Crippen molar-refractivity contribution in [2.75, 3.05) is 13.6 Å². The van der Waals surface area contributed by atoms with Crippen molar-refractivity contribution in [3.63, 3.8) is 0 Å². The molecule has 0 unspecified atom stereocenters. The Balaban J connectivity index is 1.79. The maximum absolute atomic E-state index is 15.5. The fourth-order valence-corrected chi connectivity index (χ4v) is 6.06. The fraction of sp³-hybridized carbons (Fsp3) is 0.478. The Bertz CT molecular complexity index is 995. The number of rotatable bonds is 2. The highest BCUT2D eigenvalue weighted by Crippen LogP contribution is 2.63. The van der Waals surface area contributed by atoms with Gasteiger partial charge in [0.1, 0.15) is 5.75 Å². The summed E-state index contributed by atoms with van der Waals surface area (Å²) in [5.74, 6) is -8.67. The van der Waals surface area contributed by atoms with Crippen molar-refractivity contribution in [1.82, 2.24) is 4.90 Å². The number of hydrogen-bond donors (Lipinski definition) is 0. The maximum atomic E-state index is 15.5. The van der Waals surface area contributed by atoms with Crippen molar-refractivity contribution in [2.24, 2.45) is 5.92 Å². The number of benzene rings is 2. The summed E-state index contributed by atoms with van der Waals surface area (Å²) in [6, 6.07) is 7.85. The monoisotopic (exact) mass is 423 g/mol. The summed E-state index contributed by atoms with van der Waals surface area (Å²) >= 11 is 0. The normalized spacial score (nSPS) is 29.8. The fourth-order valence-electron chi connectivity index (χ4n) is 6.06. The van der Waals surface area contributed by atoms with E-state index in [-0.39, 0.29) is 42.2 Å². The molecule has 160 valence electrons. The maximum Gasteiger partial charge on any atom is 0.258 e. The van der Waals surface area contributed by atoms with E-state index < -0.39 is 40.5 Å². The first-order chi connectivity index (χ1) is 14.3. The van der Waals surface area contributed by atoms with Gasteiger partial charge in [-0.2, -0.15) is 4.39 Å². The Morgan fingerprint density at radius 2 is 1.73 bits per heavy atom. The van der Waals surface area contributed by atoms with E-state index >= 15 is 13.2 Å². The summed E-state index contributed by atoms with van der Waals surface area (Å²) in [7, 11) is 1.85. The number of halogens is 5. The van der Waals surface area contributed by atoms with Crippen LogP contribution in [0.25, 0.3) is 0 Å². The molecule has 0 aromatic heterocycles. The van der Waals surface area contributed by atoms with Gasteiger partial charge in [-0.05, 0) is 57.3 Å². The third-order valence-corrected chi connectivity index (χ3v) is 7.38. The summed E-state index contributed by atoms with van der Waals surface area (Å²) in [4.78, 5) is 1.98. The molecule has 1 saturated carbocycles. The lowest BCUT2D eigenvalue weighted by Crippen LogP contribution is -2.67. The number of fused-ring (bicyclic) bond motifs is 1. The molecule has 2 bridgehead atoms. The Kier molecular flexibility index (Phi) is 4.40. The van der Waals surface area contributed by atoms with Crippen molar-refractivity contribution in [3.8, 4) is 11.5 Å². The lowest BCUT2D eigenvalue weighted by Gasteiger charge is -2.60. The number of para-hydroxylation sites is 1. The van der Waals surface area contributed by atoms with E-state index in [1.54, 1.807) is 30.3 Å². The van der Waals surface area contributed by atoms with Gasteiger partial charge in [-0.15, -0.1) is 0 Å². The topological polar surface area (TPSA) is 12.5 Å². The second-order valence-corrected chi connectivity index (χ2v) is 8.72. The minimum absolute atomic E-state index is 0.00254. The van der Waals surface area contributed by atoms with Crippen LogP contribution in [0, 0.1) is 23.4 Å². The van der Waals surface area contributed by atoms with Gasteiger partial charge in [0.15, 0.2) is 17.4 Å². The molecule has 2 fully saturated rings. The molecule has 3 atom stereocenters. The zero-order chi connectivity index (χ0) is 21.3. The Morgan fingerprint density at radius 3 is 2.47 bits per heavy atom. The first-order valence-corrected chi connectivity index (χ1v) is 10.3. The van der Waals surface area contributed by atoms with Gasteiger partial charge in [-0.25, -0.2) is 17.6 Å². The molecule has 30 heavy (non-hydrogen) atoms. The number of likely N-dealkylation sites (N-methyl/N-ethyl adjacent to an activating group) is 1. The highest BCUT2D eigenvalue weighted by Gasteiger charge is 2.67. The van der Waals surface area contributed by atoms with E-state index in [1.165, 1.54) is 0 Å². The molecule has 1 aliphatic heterocycles. The molecule has 0 N–H and O–H groups in total. The predicted octanol–water partition coefficient (Wildman–Crippen LogP) is 5.83. The number of likely N-dealkylation sites (tertiary alicyclic amines) is 1. The van der Waals surface area contributed by atoms with Crippen LogP contribution in [0.1, 0.15) is 36.8 Å². The van der Waals surface area contributed by atoms with E-state index in [1.807, 2.05) is 11.9 Å². The van der Waals surface area contributed by atoms with Crippen LogP contribution < -0.4 is 4.74 Å². The molecule has 2 nitrogen and oxygen atoms in total. The molecular formula is C23H22F5NO. The molecule has 7 heteroatoms. The van der Waals surface area contributed by atoms with E-state index in [2.05, 4.69) is 0 Å². The molecule has 1 saturated heterocycles. The lowest BCUT2D eigenvalue weighted by atomic mass is 9.50. The minimum atomic E-state index is -3.21. The summed E-state index contributed by atoms with van der Waals surface area (Å²) in [6.07, 6.45) is 0.601. The second-order valence-electron chi connectivity index (χ2n) is 8.72. The predicted molar refractivity (Wildman–Crippen MR) is 102 cm³/mol. The van der Waals surface area contributed by atoms with Gasteiger partial charge in [0, 0.05) is 23.6 Å². The molecule has 3 aliphatic rings. The molecule has 0 radical (unpaired) electrons. The average molecular weight is 423 g/mol. The van der Waals surface area contributed by atoms with Gasteiger partial charge < -0.3 is 9.64 Å². The summed E-state index contributed by atoms with van der Waals surface area (Å²) in [5.41, 5.74) is -2.18. The molecular weight excluding hydrogens is 401 g/mol. The Labute approximate surface area is 171 Å². The van der Waals surface area contributed by atoms with Crippen LogP contribution in [0.5, 0.6) is 11.5 Å². The molecule has 2 aliphatic carbocycles. The Morgan fingerprint density at radius 1 is 1.00 bits per heavy atom.